The highest BCUT2D eigenvalue weighted by Crippen LogP contribution is 2.36. The first-order valence-electron chi connectivity index (χ1n) is 8.75. The summed E-state index contributed by atoms with van der Waals surface area (Å²) in [6.45, 7) is 5.97. The number of hydrogen-bond acceptors (Lipinski definition) is 4. The fraction of sp³-hybridized carbons (Fsp3) is 0.333. The molecule has 0 heterocycles. The lowest BCUT2D eigenvalue weighted by Gasteiger charge is -2.42. The molecule has 5 heteroatoms. The van der Waals surface area contributed by atoms with Gasteiger partial charge in [-0.1, -0.05) is 81.4 Å². The lowest BCUT2D eigenvalue weighted by atomic mass is 10.2. The van der Waals surface area contributed by atoms with Crippen molar-refractivity contribution in [3.05, 3.63) is 73.0 Å². The van der Waals surface area contributed by atoms with Gasteiger partial charge in [0.25, 0.3) is 0 Å². The fourth-order valence-corrected chi connectivity index (χ4v) is 7.45. The average Bonchev–Trinajstić information content (AvgIpc) is 2.64. The standard InChI is InChI=1S/C21H28O4Si/c1-21(2,3)26(17-10-6-4-7-11-17,18-12-8-5-9-13-18)25-15-14-19(23)20(24)16-22/h4-15,19-20,22-24H,16H2,1-3H3/b15-14+/t19-,20+/m0/s1. The van der Waals surface area contributed by atoms with Gasteiger partial charge in [0.15, 0.2) is 0 Å². The molecule has 0 saturated carbocycles. The maximum absolute atomic E-state index is 9.90. The van der Waals surface area contributed by atoms with E-state index >= 15 is 0 Å². The summed E-state index contributed by atoms with van der Waals surface area (Å²) >= 11 is 0. The Hall–Kier alpha value is -1.92. The van der Waals surface area contributed by atoms with Crippen LogP contribution in [0.4, 0.5) is 0 Å². The second-order valence-electron chi connectivity index (χ2n) is 7.35. The molecule has 0 spiro atoms. The van der Waals surface area contributed by atoms with Gasteiger partial charge in [-0.05, 0) is 21.5 Å². The molecule has 0 unspecified atom stereocenters. The molecule has 0 aliphatic carbocycles. The van der Waals surface area contributed by atoms with Crippen molar-refractivity contribution in [2.45, 2.75) is 38.0 Å². The van der Waals surface area contributed by atoms with Gasteiger partial charge < -0.3 is 19.7 Å². The van der Waals surface area contributed by atoms with E-state index in [-0.39, 0.29) is 5.04 Å². The van der Waals surface area contributed by atoms with Gasteiger partial charge in [0, 0.05) is 0 Å². The molecule has 0 aromatic heterocycles. The number of benzene rings is 2. The lowest BCUT2D eigenvalue weighted by molar-refractivity contribution is 0.00881. The molecule has 140 valence electrons. The van der Waals surface area contributed by atoms with Crippen molar-refractivity contribution in [2.24, 2.45) is 0 Å². The van der Waals surface area contributed by atoms with Crippen LogP contribution in [-0.4, -0.2) is 42.5 Å². The number of aliphatic hydroxyl groups excluding tert-OH is 3. The van der Waals surface area contributed by atoms with E-state index in [4.69, 9.17) is 9.53 Å². The first kappa shape index (κ1) is 20.4. The zero-order valence-electron chi connectivity index (χ0n) is 15.5. The summed E-state index contributed by atoms with van der Waals surface area (Å²) in [5.74, 6) is 0. The maximum Gasteiger partial charge on any atom is 0.319 e. The molecule has 2 aromatic carbocycles. The molecule has 0 fully saturated rings. The Morgan fingerprint density at radius 3 is 1.77 bits per heavy atom. The van der Waals surface area contributed by atoms with Crippen molar-refractivity contribution in [3.63, 3.8) is 0 Å². The van der Waals surface area contributed by atoms with Gasteiger partial charge in [-0.3, -0.25) is 0 Å². The normalized spacial score (nSPS) is 15.0. The number of rotatable bonds is 7. The van der Waals surface area contributed by atoms with E-state index in [0.717, 1.165) is 10.4 Å². The minimum absolute atomic E-state index is 0.180. The highest BCUT2D eigenvalue weighted by Gasteiger charge is 2.51. The zero-order valence-corrected chi connectivity index (χ0v) is 16.5. The van der Waals surface area contributed by atoms with E-state index in [1.807, 2.05) is 36.4 Å². The smallest absolute Gasteiger partial charge is 0.319 e. The third-order valence-electron chi connectivity index (χ3n) is 4.52. The van der Waals surface area contributed by atoms with Crippen molar-refractivity contribution in [1.29, 1.82) is 0 Å². The number of aliphatic hydroxyl groups is 3. The summed E-state index contributed by atoms with van der Waals surface area (Å²) in [5, 5.41) is 30.5. The van der Waals surface area contributed by atoms with Crippen LogP contribution < -0.4 is 10.4 Å². The average molecular weight is 373 g/mol. The van der Waals surface area contributed by atoms with E-state index in [2.05, 4.69) is 45.0 Å². The molecule has 3 N–H and O–H groups in total. The van der Waals surface area contributed by atoms with Crippen LogP contribution in [0, 0.1) is 0 Å². The maximum atomic E-state index is 9.90. The lowest BCUT2D eigenvalue weighted by Crippen LogP contribution is -2.65. The predicted octanol–water partition coefficient (Wildman–Crippen LogP) is 1.79. The summed E-state index contributed by atoms with van der Waals surface area (Å²) in [6.07, 6.45) is 0.452. The second kappa shape index (κ2) is 8.64. The Bertz CT molecular complexity index is 655. The molecular formula is C21H28O4Si. The number of hydrogen-bond donors (Lipinski definition) is 3. The summed E-state index contributed by atoms with van der Waals surface area (Å²) < 4.78 is 6.44. The SMILES string of the molecule is CC(C)(C)[Si](O/C=C/[C@H](O)[C@H](O)CO)(c1ccccc1)c1ccccc1. The first-order valence-corrected chi connectivity index (χ1v) is 10.7. The minimum Gasteiger partial charge on any atom is -0.540 e. The molecule has 0 saturated heterocycles. The van der Waals surface area contributed by atoms with Crippen LogP contribution in [-0.2, 0) is 4.43 Å². The molecule has 0 bridgehead atoms. The molecule has 0 aliphatic heterocycles. The summed E-state index contributed by atoms with van der Waals surface area (Å²) in [7, 11) is -2.70. The van der Waals surface area contributed by atoms with E-state index in [0.29, 0.717) is 0 Å². The van der Waals surface area contributed by atoms with Crippen LogP contribution in [0.1, 0.15) is 20.8 Å². The summed E-state index contributed by atoms with van der Waals surface area (Å²) in [6, 6.07) is 20.3. The Kier molecular flexibility index (Phi) is 6.78. The van der Waals surface area contributed by atoms with Crippen molar-refractivity contribution < 1.29 is 19.7 Å². The van der Waals surface area contributed by atoms with Crippen LogP contribution in [0.15, 0.2) is 73.0 Å². The second-order valence-corrected chi connectivity index (χ2v) is 11.6. The Morgan fingerprint density at radius 2 is 1.38 bits per heavy atom. The van der Waals surface area contributed by atoms with E-state index in [9.17, 15) is 10.2 Å². The highest BCUT2D eigenvalue weighted by molar-refractivity contribution is 6.99. The molecule has 0 amide bonds. The molecule has 2 aromatic rings. The molecule has 2 atom stereocenters. The van der Waals surface area contributed by atoms with Gasteiger partial charge in [0.1, 0.15) is 12.2 Å². The van der Waals surface area contributed by atoms with Crippen LogP contribution >= 0.6 is 0 Å². The van der Waals surface area contributed by atoms with Crippen LogP contribution in [0.2, 0.25) is 5.04 Å². The van der Waals surface area contributed by atoms with Crippen LogP contribution in [0.25, 0.3) is 0 Å². The van der Waals surface area contributed by atoms with Gasteiger partial charge in [-0.2, -0.15) is 0 Å². The summed E-state index contributed by atoms with van der Waals surface area (Å²) in [5.41, 5.74) is 0. The van der Waals surface area contributed by atoms with Crippen molar-refractivity contribution in [2.75, 3.05) is 6.61 Å². The first-order chi connectivity index (χ1) is 12.3. The van der Waals surface area contributed by atoms with E-state index < -0.39 is 27.1 Å². The Balaban J connectivity index is 2.52. The van der Waals surface area contributed by atoms with Gasteiger partial charge in [-0.25, -0.2) is 0 Å². The topological polar surface area (TPSA) is 69.9 Å². The Labute approximate surface area is 156 Å². The van der Waals surface area contributed by atoms with Gasteiger partial charge in [-0.15, -0.1) is 0 Å². The monoisotopic (exact) mass is 372 g/mol. The molecule has 0 aliphatic rings. The largest absolute Gasteiger partial charge is 0.540 e. The predicted molar refractivity (Wildman–Crippen MR) is 107 cm³/mol. The zero-order chi connectivity index (χ0) is 19.2. The molecule has 4 nitrogen and oxygen atoms in total. The molecular weight excluding hydrogens is 344 g/mol. The molecule has 0 radical (unpaired) electrons. The molecule has 26 heavy (non-hydrogen) atoms. The van der Waals surface area contributed by atoms with Crippen molar-refractivity contribution in [3.8, 4) is 0 Å². The highest BCUT2D eigenvalue weighted by atomic mass is 28.4. The minimum atomic E-state index is -2.70. The Morgan fingerprint density at radius 1 is 0.923 bits per heavy atom. The van der Waals surface area contributed by atoms with Gasteiger partial charge in [0.2, 0.25) is 0 Å². The van der Waals surface area contributed by atoms with Crippen LogP contribution in [0.5, 0.6) is 0 Å². The van der Waals surface area contributed by atoms with E-state index in [1.54, 1.807) is 0 Å². The van der Waals surface area contributed by atoms with E-state index in [1.165, 1.54) is 12.3 Å². The third kappa shape index (κ3) is 4.24. The van der Waals surface area contributed by atoms with Crippen molar-refractivity contribution >= 4 is 18.7 Å². The molecule has 2 rings (SSSR count). The fourth-order valence-electron chi connectivity index (χ4n) is 3.15. The van der Waals surface area contributed by atoms with Crippen molar-refractivity contribution in [1.82, 2.24) is 0 Å². The summed E-state index contributed by atoms with van der Waals surface area (Å²) in [4.78, 5) is 0. The van der Waals surface area contributed by atoms with Crippen LogP contribution in [0.3, 0.4) is 0 Å². The van der Waals surface area contributed by atoms with Gasteiger partial charge in [0.05, 0.1) is 12.9 Å². The quantitative estimate of drug-likeness (QED) is 0.512. The van der Waals surface area contributed by atoms with Gasteiger partial charge >= 0.3 is 8.32 Å². The third-order valence-corrected chi connectivity index (χ3v) is 9.41.